The van der Waals surface area contributed by atoms with Crippen molar-refractivity contribution in [2.45, 2.75) is 109 Å². The highest BCUT2D eigenvalue weighted by Gasteiger charge is 2.43. The molecule has 0 radical (unpaired) electrons. The van der Waals surface area contributed by atoms with E-state index in [0.717, 1.165) is 87.4 Å². The third-order valence-corrected chi connectivity index (χ3v) is 13.1. The Bertz CT molecular complexity index is 2240. The van der Waals surface area contributed by atoms with Crippen LogP contribution in [-0.4, -0.2) is 69.6 Å². The van der Waals surface area contributed by atoms with Gasteiger partial charge >= 0.3 is 5.97 Å². The molecule has 288 valence electrons. The SMILES string of the molecule is COC(=O)c1c(C)c2c(-c3c(C)nn4c3C(CCC3CC(CCc5cc(O)c6ccccc6c5)NN3)N(S(=O)C(C)(C)C)C4)c(Cl)ccc2n1CCCO. The zero-order valence-electron chi connectivity index (χ0n) is 31.9. The van der Waals surface area contributed by atoms with Crippen LogP contribution in [0.2, 0.25) is 5.02 Å². The molecule has 3 aromatic carbocycles. The number of halogens is 1. The van der Waals surface area contributed by atoms with Gasteiger partial charge in [0.25, 0.3) is 0 Å². The van der Waals surface area contributed by atoms with E-state index in [1.165, 1.54) is 7.11 Å². The highest BCUT2D eigenvalue weighted by Crippen LogP contribution is 2.48. The minimum absolute atomic E-state index is 0.0145. The predicted octanol–water partition coefficient (Wildman–Crippen LogP) is 7.23. The van der Waals surface area contributed by atoms with Crippen LogP contribution >= 0.6 is 11.6 Å². The van der Waals surface area contributed by atoms with Gasteiger partial charge in [-0.05, 0) is 108 Å². The van der Waals surface area contributed by atoms with E-state index < -0.39 is 21.7 Å². The molecule has 2 aliphatic heterocycles. The topological polar surface area (TPSA) is 134 Å². The lowest BCUT2D eigenvalue weighted by atomic mass is 9.92. The number of nitrogens with one attached hydrogen (secondary N) is 2. The van der Waals surface area contributed by atoms with Crippen molar-refractivity contribution in [2.24, 2.45) is 0 Å². The van der Waals surface area contributed by atoms with E-state index in [1.807, 2.05) is 86.3 Å². The zero-order chi connectivity index (χ0) is 38.5. The van der Waals surface area contributed by atoms with Crippen molar-refractivity contribution in [1.82, 2.24) is 29.5 Å². The largest absolute Gasteiger partial charge is 0.507 e. The summed E-state index contributed by atoms with van der Waals surface area (Å²) in [7, 11) is 0.0568. The molecular weight excluding hydrogens is 724 g/mol. The summed E-state index contributed by atoms with van der Waals surface area (Å²) in [6.45, 7) is 10.7. The summed E-state index contributed by atoms with van der Waals surface area (Å²) >= 11 is 7.14. The third-order valence-electron chi connectivity index (χ3n) is 11.0. The van der Waals surface area contributed by atoms with Crippen LogP contribution in [0.25, 0.3) is 32.8 Å². The monoisotopic (exact) mass is 774 g/mol. The number of aryl methyl sites for hydroxylation is 4. The predicted molar refractivity (Wildman–Crippen MR) is 215 cm³/mol. The lowest BCUT2D eigenvalue weighted by Gasteiger charge is -2.30. The molecule has 54 heavy (non-hydrogen) atoms. The van der Waals surface area contributed by atoms with Crippen LogP contribution in [0.4, 0.5) is 0 Å². The molecule has 13 heteroatoms. The molecule has 0 aliphatic carbocycles. The summed E-state index contributed by atoms with van der Waals surface area (Å²) in [6, 6.07) is 16.0. The quantitative estimate of drug-likeness (QED) is 0.0977. The highest BCUT2D eigenvalue weighted by molar-refractivity contribution is 7.84. The van der Waals surface area contributed by atoms with Crippen LogP contribution in [0.1, 0.15) is 91.9 Å². The highest BCUT2D eigenvalue weighted by atomic mass is 35.5. The fourth-order valence-electron chi connectivity index (χ4n) is 8.47. The van der Waals surface area contributed by atoms with Gasteiger partial charge in [0.05, 0.1) is 29.3 Å². The first kappa shape index (κ1) is 38.5. The van der Waals surface area contributed by atoms with Crippen molar-refractivity contribution < 1.29 is 24.0 Å². The van der Waals surface area contributed by atoms with E-state index >= 15 is 0 Å². The van der Waals surface area contributed by atoms with Crippen molar-refractivity contribution >= 4 is 50.2 Å². The lowest BCUT2D eigenvalue weighted by molar-refractivity contribution is 0.0587. The van der Waals surface area contributed by atoms with Gasteiger partial charge in [0.2, 0.25) is 0 Å². The Morgan fingerprint density at radius 3 is 2.52 bits per heavy atom. The van der Waals surface area contributed by atoms with Gasteiger partial charge < -0.3 is 19.5 Å². The van der Waals surface area contributed by atoms with E-state index in [4.69, 9.17) is 21.4 Å². The summed E-state index contributed by atoms with van der Waals surface area (Å²) in [4.78, 5) is 13.2. The fourth-order valence-corrected chi connectivity index (χ4v) is 10.1. The number of carbonyl (C=O) groups excluding carboxylic acids is 1. The molecule has 4 unspecified atom stereocenters. The second-order valence-electron chi connectivity index (χ2n) is 15.7. The van der Waals surface area contributed by atoms with Crippen LogP contribution < -0.4 is 10.9 Å². The van der Waals surface area contributed by atoms with E-state index in [1.54, 1.807) is 0 Å². The number of aromatic hydroxyl groups is 1. The molecule has 2 aromatic heterocycles. The van der Waals surface area contributed by atoms with Gasteiger partial charge in [0.15, 0.2) is 0 Å². The smallest absolute Gasteiger partial charge is 0.354 e. The number of hydrogen-bond acceptors (Lipinski definition) is 8. The van der Waals surface area contributed by atoms with Crippen LogP contribution in [0.5, 0.6) is 5.75 Å². The van der Waals surface area contributed by atoms with Gasteiger partial charge in [-0.25, -0.2) is 9.00 Å². The summed E-state index contributed by atoms with van der Waals surface area (Å²) in [5.41, 5.74) is 13.7. The number of carbonyl (C=O) groups is 1. The fraction of sp³-hybridized carbons (Fsp3) is 0.463. The summed E-state index contributed by atoms with van der Waals surface area (Å²) < 4.78 is 24.9. The normalized spacial score (nSPS) is 19.6. The number of aliphatic hydroxyl groups is 1. The number of benzene rings is 3. The first-order valence-corrected chi connectivity index (χ1v) is 20.3. The number of rotatable bonds is 12. The molecule has 11 nitrogen and oxygen atoms in total. The maximum Gasteiger partial charge on any atom is 0.354 e. The van der Waals surface area contributed by atoms with Gasteiger partial charge in [0, 0.05) is 57.7 Å². The molecule has 0 saturated carbocycles. The second kappa shape index (κ2) is 15.4. The lowest BCUT2D eigenvalue weighted by Crippen LogP contribution is -2.38. The number of aromatic nitrogens is 3. The summed E-state index contributed by atoms with van der Waals surface area (Å²) in [6.07, 6.45) is 4.77. The number of hydrogen-bond donors (Lipinski definition) is 4. The molecule has 4 atom stereocenters. The number of aliphatic hydroxyl groups excluding tert-OH is 1. The first-order chi connectivity index (χ1) is 25.8. The Labute approximate surface area is 324 Å². The molecule has 0 spiro atoms. The average molecular weight is 775 g/mol. The van der Waals surface area contributed by atoms with Crippen molar-refractivity contribution in [3.8, 4) is 16.9 Å². The van der Waals surface area contributed by atoms with Crippen molar-refractivity contribution in [1.29, 1.82) is 0 Å². The van der Waals surface area contributed by atoms with Gasteiger partial charge in [-0.15, -0.1) is 0 Å². The van der Waals surface area contributed by atoms with Crippen LogP contribution in [0.15, 0.2) is 48.5 Å². The maximum absolute atomic E-state index is 14.2. The molecule has 0 bridgehead atoms. The van der Waals surface area contributed by atoms with E-state index in [2.05, 4.69) is 21.2 Å². The van der Waals surface area contributed by atoms with E-state index in [0.29, 0.717) is 36.1 Å². The van der Waals surface area contributed by atoms with Gasteiger partial charge in [-0.1, -0.05) is 41.9 Å². The Hall–Kier alpha value is -3.78. The van der Waals surface area contributed by atoms with Crippen molar-refractivity contribution in [3.63, 3.8) is 0 Å². The number of nitrogens with zero attached hydrogens (tertiary/aromatic N) is 4. The van der Waals surface area contributed by atoms with Crippen LogP contribution in [0.3, 0.4) is 0 Å². The zero-order valence-corrected chi connectivity index (χ0v) is 33.5. The summed E-state index contributed by atoms with van der Waals surface area (Å²) in [5, 5.41) is 28.6. The minimum Gasteiger partial charge on any atom is -0.507 e. The number of esters is 1. The maximum atomic E-state index is 14.2. The van der Waals surface area contributed by atoms with Crippen LogP contribution in [-0.2, 0) is 35.4 Å². The molecule has 4 N–H and O–H groups in total. The molecule has 0 amide bonds. The van der Waals surface area contributed by atoms with Gasteiger partial charge in [-0.3, -0.25) is 15.5 Å². The molecule has 2 aliphatic rings. The second-order valence-corrected chi connectivity index (χ2v) is 18.3. The molecule has 1 saturated heterocycles. The Kier molecular flexibility index (Phi) is 11.0. The number of methoxy groups -OCH3 is 1. The molecule has 5 aromatic rings. The standard InChI is InChI=1S/C41H51ClN6O5S/c1-24-35-32(46(18-9-19-49)38(24)40(51)53-6)17-15-31(42)37(35)36-25(2)45-47-23-48(54(52)41(3,4)5)33(39(36)47)16-14-29-22-28(43-44-29)13-12-26-20-27-10-7-8-11-30(27)34(50)21-26/h7-8,10-11,15,17,20-21,28-29,33,43-44,49-50H,9,12-14,16,18-19,22-23H2,1-6H3. The Morgan fingerprint density at radius 2 is 1.80 bits per heavy atom. The van der Waals surface area contributed by atoms with Crippen molar-refractivity contribution in [3.05, 3.63) is 81.8 Å². The molecule has 4 heterocycles. The molecular formula is C41H51ClN6O5S. The van der Waals surface area contributed by atoms with Gasteiger partial charge in [0.1, 0.15) is 29.1 Å². The third kappa shape index (κ3) is 7.08. The van der Waals surface area contributed by atoms with Crippen LogP contribution in [0, 0.1) is 13.8 Å². The summed E-state index contributed by atoms with van der Waals surface area (Å²) in [5.74, 6) is -0.131. The number of phenols is 1. The number of phenolic OH excluding ortho intramolecular Hbond substituents is 1. The first-order valence-electron chi connectivity index (χ1n) is 18.8. The van der Waals surface area contributed by atoms with E-state index in [-0.39, 0.29) is 24.7 Å². The number of ether oxygens (including phenoxy) is 1. The number of fused-ring (bicyclic) bond motifs is 3. The minimum atomic E-state index is -1.32. The van der Waals surface area contributed by atoms with E-state index in [9.17, 15) is 19.2 Å². The average Bonchev–Trinajstić information content (AvgIpc) is 3.89. The Morgan fingerprint density at radius 1 is 1.06 bits per heavy atom. The van der Waals surface area contributed by atoms with Crippen molar-refractivity contribution in [2.75, 3.05) is 13.7 Å². The van der Waals surface area contributed by atoms with Gasteiger partial charge in [-0.2, -0.15) is 9.40 Å². The Balaban J connectivity index is 1.19. The number of hydrazine groups is 1. The molecule has 1 fully saturated rings. The molecule has 7 rings (SSSR count).